The predicted molar refractivity (Wildman–Crippen MR) is 115 cm³/mol. The fourth-order valence-electron chi connectivity index (χ4n) is 3.95. The van der Waals surface area contributed by atoms with E-state index in [1.54, 1.807) is 18.2 Å². The zero-order chi connectivity index (χ0) is 20.9. The van der Waals surface area contributed by atoms with Gasteiger partial charge in [-0.2, -0.15) is 0 Å². The van der Waals surface area contributed by atoms with E-state index in [1.165, 1.54) is 23.2 Å². The van der Waals surface area contributed by atoms with Gasteiger partial charge in [0.15, 0.2) is 11.5 Å². The lowest BCUT2D eigenvalue weighted by molar-refractivity contribution is -0.136. The number of nitrogens with one attached hydrogen (secondary N) is 2. The Hall–Kier alpha value is -3.22. The second kappa shape index (κ2) is 9.07. The topological polar surface area (TPSA) is 79.9 Å². The molecule has 0 bridgehead atoms. The molecular formula is C23H27N3O4. The minimum absolute atomic E-state index is 0.159. The lowest BCUT2D eigenvalue weighted by Crippen LogP contribution is -2.36. The van der Waals surface area contributed by atoms with Crippen molar-refractivity contribution in [1.29, 1.82) is 0 Å². The van der Waals surface area contributed by atoms with Crippen LogP contribution in [0.15, 0.2) is 36.4 Å². The third-order valence-electron chi connectivity index (χ3n) is 5.39. The van der Waals surface area contributed by atoms with Crippen LogP contribution in [0.3, 0.4) is 0 Å². The first-order chi connectivity index (χ1) is 14.6. The molecule has 0 saturated heterocycles. The molecule has 30 heavy (non-hydrogen) atoms. The van der Waals surface area contributed by atoms with Crippen molar-refractivity contribution < 1.29 is 19.1 Å². The SMILES string of the molecule is CCCN1CCCc2cc(CCNC(=O)C(=O)Nc3ccc4c(c3)OCO4)ccc21. The molecule has 0 fully saturated rings. The molecule has 7 heteroatoms. The molecule has 2 aromatic carbocycles. The maximum Gasteiger partial charge on any atom is 0.313 e. The summed E-state index contributed by atoms with van der Waals surface area (Å²) in [6.07, 6.45) is 4.09. The summed E-state index contributed by atoms with van der Waals surface area (Å²) in [7, 11) is 0. The van der Waals surface area contributed by atoms with Gasteiger partial charge in [0.05, 0.1) is 0 Å². The monoisotopic (exact) mass is 409 g/mol. The number of carbonyl (C=O) groups is 2. The summed E-state index contributed by atoms with van der Waals surface area (Å²) in [6, 6.07) is 11.6. The quantitative estimate of drug-likeness (QED) is 0.718. The minimum atomic E-state index is -0.700. The van der Waals surface area contributed by atoms with Crippen molar-refractivity contribution in [3.8, 4) is 11.5 Å². The highest BCUT2D eigenvalue weighted by Crippen LogP contribution is 2.34. The lowest BCUT2D eigenvalue weighted by Gasteiger charge is -2.31. The summed E-state index contributed by atoms with van der Waals surface area (Å²) >= 11 is 0. The Morgan fingerprint density at radius 2 is 1.93 bits per heavy atom. The van der Waals surface area contributed by atoms with Crippen molar-refractivity contribution in [3.63, 3.8) is 0 Å². The maximum absolute atomic E-state index is 12.1. The second-order valence-corrected chi connectivity index (χ2v) is 7.58. The van der Waals surface area contributed by atoms with Gasteiger partial charge < -0.3 is 25.0 Å². The molecule has 2 aliphatic rings. The highest BCUT2D eigenvalue weighted by Gasteiger charge is 2.18. The van der Waals surface area contributed by atoms with E-state index >= 15 is 0 Å². The molecule has 0 radical (unpaired) electrons. The third-order valence-corrected chi connectivity index (χ3v) is 5.39. The van der Waals surface area contributed by atoms with E-state index in [-0.39, 0.29) is 6.79 Å². The van der Waals surface area contributed by atoms with Gasteiger partial charge in [0.2, 0.25) is 6.79 Å². The Morgan fingerprint density at radius 3 is 2.80 bits per heavy atom. The molecule has 0 aliphatic carbocycles. The summed E-state index contributed by atoms with van der Waals surface area (Å²) < 4.78 is 10.5. The van der Waals surface area contributed by atoms with Crippen molar-refractivity contribution in [2.75, 3.05) is 36.6 Å². The van der Waals surface area contributed by atoms with Crippen molar-refractivity contribution in [2.24, 2.45) is 0 Å². The molecule has 0 aromatic heterocycles. The van der Waals surface area contributed by atoms with Gasteiger partial charge in [-0.25, -0.2) is 0 Å². The minimum Gasteiger partial charge on any atom is -0.454 e. The summed E-state index contributed by atoms with van der Waals surface area (Å²) in [6.45, 7) is 4.97. The highest BCUT2D eigenvalue weighted by molar-refractivity contribution is 6.39. The molecule has 2 aliphatic heterocycles. The summed E-state index contributed by atoms with van der Waals surface area (Å²) in [4.78, 5) is 26.7. The van der Waals surface area contributed by atoms with E-state index in [2.05, 4.69) is 40.7 Å². The van der Waals surface area contributed by atoms with Gasteiger partial charge in [0, 0.05) is 37.1 Å². The van der Waals surface area contributed by atoms with Crippen LogP contribution in [0.1, 0.15) is 30.9 Å². The Labute approximate surface area is 176 Å². The first-order valence-corrected chi connectivity index (χ1v) is 10.5. The molecule has 0 spiro atoms. The largest absolute Gasteiger partial charge is 0.454 e. The van der Waals surface area contributed by atoms with Crippen LogP contribution in [0.2, 0.25) is 0 Å². The number of anilines is 2. The molecule has 2 N–H and O–H groups in total. The van der Waals surface area contributed by atoms with Crippen LogP contribution in [0.5, 0.6) is 11.5 Å². The van der Waals surface area contributed by atoms with Gasteiger partial charge in [-0.05, 0) is 55.0 Å². The standard InChI is InChI=1S/C23H27N3O4/c1-2-11-26-12-3-4-17-13-16(5-7-19(17)26)9-10-24-22(27)23(28)25-18-6-8-20-21(14-18)30-15-29-20/h5-8,13-14H,2-4,9-12,15H2,1H3,(H,24,27)(H,25,28). The van der Waals surface area contributed by atoms with Crippen LogP contribution >= 0.6 is 0 Å². The average Bonchev–Trinajstić information content (AvgIpc) is 3.22. The number of hydrogen-bond donors (Lipinski definition) is 2. The van der Waals surface area contributed by atoms with E-state index in [0.29, 0.717) is 30.2 Å². The zero-order valence-electron chi connectivity index (χ0n) is 17.2. The van der Waals surface area contributed by atoms with E-state index in [4.69, 9.17) is 9.47 Å². The first-order valence-electron chi connectivity index (χ1n) is 10.5. The van der Waals surface area contributed by atoms with E-state index in [0.717, 1.165) is 25.9 Å². The second-order valence-electron chi connectivity index (χ2n) is 7.58. The average molecular weight is 409 g/mol. The summed E-state index contributed by atoms with van der Waals surface area (Å²) in [5.41, 5.74) is 4.37. The number of aryl methyl sites for hydroxylation is 1. The summed E-state index contributed by atoms with van der Waals surface area (Å²) in [5.74, 6) is -0.173. The van der Waals surface area contributed by atoms with Gasteiger partial charge in [0.1, 0.15) is 0 Å². The normalized spacial score (nSPS) is 14.2. The van der Waals surface area contributed by atoms with Gasteiger partial charge in [-0.1, -0.05) is 19.1 Å². The van der Waals surface area contributed by atoms with E-state index in [9.17, 15) is 9.59 Å². The molecule has 158 valence electrons. The van der Waals surface area contributed by atoms with Gasteiger partial charge >= 0.3 is 11.8 Å². The molecule has 0 unspecified atom stereocenters. The number of nitrogens with zero attached hydrogens (tertiary/aromatic N) is 1. The Morgan fingerprint density at radius 1 is 1.07 bits per heavy atom. The third kappa shape index (κ3) is 4.50. The summed E-state index contributed by atoms with van der Waals surface area (Å²) in [5, 5.41) is 5.28. The highest BCUT2D eigenvalue weighted by atomic mass is 16.7. The van der Waals surface area contributed by atoms with Crippen LogP contribution in [0.4, 0.5) is 11.4 Å². The molecule has 7 nitrogen and oxygen atoms in total. The number of fused-ring (bicyclic) bond motifs is 2. The fraction of sp³-hybridized carbons (Fsp3) is 0.391. The maximum atomic E-state index is 12.1. The van der Waals surface area contributed by atoms with Gasteiger partial charge in [-0.3, -0.25) is 9.59 Å². The number of benzene rings is 2. The number of ether oxygens (including phenoxy) is 2. The van der Waals surface area contributed by atoms with Crippen molar-refractivity contribution in [2.45, 2.75) is 32.6 Å². The number of hydrogen-bond acceptors (Lipinski definition) is 5. The van der Waals surface area contributed by atoms with Crippen LogP contribution in [-0.4, -0.2) is 38.2 Å². The molecule has 0 saturated carbocycles. The van der Waals surface area contributed by atoms with Gasteiger partial charge in [0.25, 0.3) is 0 Å². The van der Waals surface area contributed by atoms with E-state index in [1.807, 2.05) is 0 Å². The Balaban J connectivity index is 1.27. The first kappa shape index (κ1) is 20.1. The number of carbonyl (C=O) groups excluding carboxylic acids is 2. The van der Waals surface area contributed by atoms with Gasteiger partial charge in [-0.15, -0.1) is 0 Å². The lowest BCUT2D eigenvalue weighted by atomic mass is 9.98. The van der Waals surface area contributed by atoms with Crippen LogP contribution in [0.25, 0.3) is 0 Å². The molecule has 0 atom stereocenters. The Kier molecular flexibility index (Phi) is 6.07. The van der Waals surface area contributed by atoms with Crippen molar-refractivity contribution >= 4 is 23.2 Å². The smallest absolute Gasteiger partial charge is 0.313 e. The molecule has 2 amide bonds. The van der Waals surface area contributed by atoms with Crippen LogP contribution < -0.4 is 25.0 Å². The number of amides is 2. The molecule has 2 aromatic rings. The van der Waals surface area contributed by atoms with Crippen molar-refractivity contribution in [1.82, 2.24) is 5.32 Å². The molecule has 2 heterocycles. The Bertz CT molecular complexity index is 944. The molecular weight excluding hydrogens is 382 g/mol. The van der Waals surface area contributed by atoms with Crippen LogP contribution in [0, 0.1) is 0 Å². The fourth-order valence-corrected chi connectivity index (χ4v) is 3.95. The van der Waals surface area contributed by atoms with Crippen molar-refractivity contribution in [3.05, 3.63) is 47.5 Å². The van der Waals surface area contributed by atoms with E-state index < -0.39 is 11.8 Å². The van der Waals surface area contributed by atoms with Crippen LogP contribution in [-0.2, 0) is 22.4 Å². The zero-order valence-corrected chi connectivity index (χ0v) is 17.2. The predicted octanol–water partition coefficient (Wildman–Crippen LogP) is 2.88. The molecule has 4 rings (SSSR count). The number of rotatable bonds is 6.